The summed E-state index contributed by atoms with van der Waals surface area (Å²) >= 11 is 0. The van der Waals surface area contributed by atoms with Gasteiger partial charge in [0, 0.05) is 22.8 Å². The lowest BCUT2D eigenvalue weighted by molar-refractivity contribution is 0.0198. The number of Topliss-reactive ketones (excluding diaryl/α,β-unsaturated/α-hetero) is 1. The van der Waals surface area contributed by atoms with Gasteiger partial charge in [-0.1, -0.05) is 23.3 Å². The number of phenols is 4. The van der Waals surface area contributed by atoms with E-state index in [1.807, 2.05) is 39.8 Å². The predicted molar refractivity (Wildman–Crippen MR) is 120 cm³/mol. The van der Waals surface area contributed by atoms with Crippen molar-refractivity contribution in [2.24, 2.45) is 0 Å². The van der Waals surface area contributed by atoms with Gasteiger partial charge in [0.2, 0.25) is 5.78 Å². The van der Waals surface area contributed by atoms with Gasteiger partial charge >= 0.3 is 0 Å². The minimum absolute atomic E-state index is 0.0359. The van der Waals surface area contributed by atoms with E-state index in [-0.39, 0.29) is 52.5 Å². The largest absolute Gasteiger partial charge is 0.508 e. The van der Waals surface area contributed by atoms with Crippen molar-refractivity contribution in [3.05, 3.63) is 63.8 Å². The molecular formula is C25H28O7. The quantitative estimate of drug-likeness (QED) is 0.441. The summed E-state index contributed by atoms with van der Waals surface area (Å²) in [4.78, 5) is 13.2. The average molecular weight is 440 g/mol. The van der Waals surface area contributed by atoms with E-state index in [9.17, 15) is 30.3 Å². The van der Waals surface area contributed by atoms with E-state index in [1.165, 1.54) is 12.1 Å². The maximum atomic E-state index is 13.2. The molecule has 7 heteroatoms. The fourth-order valence-corrected chi connectivity index (χ4v) is 3.65. The first-order valence-corrected chi connectivity index (χ1v) is 10.3. The van der Waals surface area contributed by atoms with Crippen LogP contribution in [0.2, 0.25) is 0 Å². The summed E-state index contributed by atoms with van der Waals surface area (Å²) in [6.07, 6.45) is 1.10. The van der Waals surface area contributed by atoms with Gasteiger partial charge in [-0.05, 0) is 52.7 Å². The Balaban J connectivity index is 2.24. The third kappa shape index (κ3) is 4.29. The predicted octanol–water partition coefficient (Wildman–Crippen LogP) is 4.20. The van der Waals surface area contributed by atoms with Crippen LogP contribution in [0.3, 0.4) is 0 Å². The zero-order valence-electron chi connectivity index (χ0n) is 18.5. The third-order valence-corrected chi connectivity index (χ3v) is 5.39. The number of hydrogen-bond donors (Lipinski definition) is 5. The molecule has 0 aliphatic carbocycles. The Bertz CT molecular complexity index is 1120. The van der Waals surface area contributed by atoms with Gasteiger partial charge in [-0.2, -0.15) is 0 Å². The van der Waals surface area contributed by atoms with Crippen molar-refractivity contribution in [3.63, 3.8) is 0 Å². The molecule has 1 aliphatic rings. The molecule has 1 heterocycles. The number of carbonyl (C=O) groups is 1. The Morgan fingerprint density at radius 1 is 0.938 bits per heavy atom. The number of rotatable bonds is 5. The van der Waals surface area contributed by atoms with Crippen molar-refractivity contribution in [3.8, 4) is 28.7 Å². The molecule has 0 radical (unpaired) electrons. The number of ketones is 1. The molecular weight excluding hydrogens is 412 g/mol. The van der Waals surface area contributed by atoms with Gasteiger partial charge in [0.05, 0.1) is 0 Å². The molecule has 2 atom stereocenters. The molecule has 32 heavy (non-hydrogen) atoms. The van der Waals surface area contributed by atoms with Crippen molar-refractivity contribution in [1.82, 2.24) is 0 Å². The highest BCUT2D eigenvalue weighted by Crippen LogP contribution is 2.49. The molecule has 2 aromatic rings. The van der Waals surface area contributed by atoms with Crippen LogP contribution in [-0.2, 0) is 12.8 Å². The maximum absolute atomic E-state index is 13.2. The van der Waals surface area contributed by atoms with Gasteiger partial charge in [0.1, 0.15) is 34.3 Å². The molecule has 0 saturated heterocycles. The Morgan fingerprint density at radius 3 is 2.09 bits per heavy atom. The van der Waals surface area contributed by atoms with Gasteiger partial charge in [0.15, 0.2) is 12.2 Å². The minimum atomic E-state index is -1.71. The highest BCUT2D eigenvalue weighted by Gasteiger charge is 2.42. The second kappa shape index (κ2) is 8.96. The zero-order valence-corrected chi connectivity index (χ0v) is 18.5. The molecule has 0 bridgehead atoms. The molecule has 0 aromatic heterocycles. The lowest BCUT2D eigenvalue weighted by atomic mass is 9.87. The SMILES string of the molecule is CC(C)=CCc1c(O)c(CC=C(C)C)c2c(c1O)C(=O)[C@@H](O)[C@H](c1ccc(O)cc1O)O2. The summed E-state index contributed by atoms with van der Waals surface area (Å²) in [7, 11) is 0. The summed E-state index contributed by atoms with van der Waals surface area (Å²) in [5.41, 5.74) is 2.33. The molecule has 170 valence electrons. The molecule has 0 fully saturated rings. The van der Waals surface area contributed by atoms with E-state index >= 15 is 0 Å². The molecule has 0 spiro atoms. The van der Waals surface area contributed by atoms with E-state index in [2.05, 4.69) is 0 Å². The minimum Gasteiger partial charge on any atom is -0.508 e. The summed E-state index contributed by atoms with van der Waals surface area (Å²) in [6.45, 7) is 7.54. The summed E-state index contributed by atoms with van der Waals surface area (Å²) < 4.78 is 5.95. The van der Waals surface area contributed by atoms with Crippen molar-refractivity contribution >= 4 is 5.78 Å². The highest BCUT2D eigenvalue weighted by atomic mass is 16.5. The molecule has 2 aromatic carbocycles. The van der Waals surface area contributed by atoms with E-state index < -0.39 is 23.7 Å². The zero-order chi connectivity index (χ0) is 23.7. The van der Waals surface area contributed by atoms with Crippen LogP contribution in [0.25, 0.3) is 0 Å². The van der Waals surface area contributed by atoms with Crippen molar-refractivity contribution in [1.29, 1.82) is 0 Å². The average Bonchev–Trinajstić information content (AvgIpc) is 2.70. The molecule has 0 saturated carbocycles. The number of phenolic OH excluding ortho intramolecular Hbond substituents is 4. The Morgan fingerprint density at radius 2 is 1.53 bits per heavy atom. The van der Waals surface area contributed by atoms with Crippen LogP contribution in [0, 0.1) is 0 Å². The fourth-order valence-electron chi connectivity index (χ4n) is 3.65. The number of hydrogen-bond acceptors (Lipinski definition) is 7. The van der Waals surface area contributed by atoms with E-state index in [0.717, 1.165) is 17.2 Å². The van der Waals surface area contributed by atoms with Gasteiger partial charge in [-0.25, -0.2) is 0 Å². The number of carbonyl (C=O) groups excluding carboxylic acids is 1. The topological polar surface area (TPSA) is 127 Å². The fraction of sp³-hybridized carbons (Fsp3) is 0.320. The first-order chi connectivity index (χ1) is 15.0. The first-order valence-electron chi connectivity index (χ1n) is 10.3. The molecule has 5 N–H and O–H groups in total. The van der Waals surface area contributed by atoms with Crippen LogP contribution in [0.5, 0.6) is 28.7 Å². The van der Waals surface area contributed by atoms with Gasteiger partial charge < -0.3 is 30.3 Å². The van der Waals surface area contributed by atoms with Gasteiger partial charge in [-0.15, -0.1) is 0 Å². The van der Waals surface area contributed by atoms with Crippen molar-refractivity contribution in [2.45, 2.75) is 52.7 Å². The highest BCUT2D eigenvalue weighted by molar-refractivity contribution is 6.06. The Kier molecular flexibility index (Phi) is 6.50. The smallest absolute Gasteiger partial charge is 0.202 e. The Hall–Kier alpha value is -3.45. The number of aromatic hydroxyl groups is 4. The first kappa shape index (κ1) is 23.2. The van der Waals surface area contributed by atoms with Crippen LogP contribution < -0.4 is 4.74 Å². The van der Waals surface area contributed by atoms with Crippen LogP contribution in [0.15, 0.2) is 41.5 Å². The number of ether oxygens (including phenoxy) is 1. The number of fused-ring (bicyclic) bond motifs is 1. The second-order valence-electron chi connectivity index (χ2n) is 8.42. The van der Waals surface area contributed by atoms with Crippen molar-refractivity contribution < 1.29 is 35.1 Å². The standard InChI is InChI=1S/C25H28O7/c1-12(2)5-8-16-20(28)17(9-6-13(3)4)24-19(21(16)29)22(30)23(31)25(32-24)15-10-7-14(26)11-18(15)27/h5-7,10-11,23,25-29,31H,8-9H2,1-4H3/t23-,25+/m1/s1. The van der Waals surface area contributed by atoms with Crippen LogP contribution >= 0.6 is 0 Å². The summed E-state index contributed by atoms with van der Waals surface area (Å²) in [5.74, 6) is -1.98. The van der Waals surface area contributed by atoms with E-state index in [1.54, 1.807) is 0 Å². The van der Waals surface area contributed by atoms with Gasteiger partial charge in [0.25, 0.3) is 0 Å². The van der Waals surface area contributed by atoms with Crippen LogP contribution in [0.4, 0.5) is 0 Å². The third-order valence-electron chi connectivity index (χ3n) is 5.39. The maximum Gasteiger partial charge on any atom is 0.202 e. The number of aliphatic hydroxyl groups is 1. The lowest BCUT2D eigenvalue weighted by Crippen LogP contribution is -2.37. The molecule has 7 nitrogen and oxygen atoms in total. The van der Waals surface area contributed by atoms with Crippen LogP contribution in [0.1, 0.15) is 60.8 Å². The second-order valence-corrected chi connectivity index (χ2v) is 8.42. The molecule has 0 unspecified atom stereocenters. The van der Waals surface area contributed by atoms with Gasteiger partial charge in [-0.3, -0.25) is 4.79 Å². The number of aliphatic hydroxyl groups excluding tert-OH is 1. The normalized spacial score (nSPS) is 17.3. The van der Waals surface area contributed by atoms with Crippen molar-refractivity contribution in [2.75, 3.05) is 0 Å². The molecule has 3 rings (SSSR count). The lowest BCUT2D eigenvalue weighted by Gasteiger charge is -2.32. The van der Waals surface area contributed by atoms with Crippen LogP contribution in [-0.4, -0.2) is 37.4 Å². The molecule has 0 amide bonds. The number of allylic oxidation sites excluding steroid dienone is 4. The monoisotopic (exact) mass is 440 g/mol. The van der Waals surface area contributed by atoms with E-state index in [0.29, 0.717) is 5.56 Å². The Labute approximate surface area is 186 Å². The summed E-state index contributed by atoms with van der Waals surface area (Å²) in [5, 5.41) is 52.4. The molecule has 1 aliphatic heterocycles. The summed E-state index contributed by atoms with van der Waals surface area (Å²) in [6, 6.07) is 3.72. The number of benzene rings is 2. The van der Waals surface area contributed by atoms with E-state index in [4.69, 9.17) is 4.74 Å².